The van der Waals surface area contributed by atoms with Gasteiger partial charge in [0.15, 0.2) is 0 Å². The van der Waals surface area contributed by atoms with Gasteiger partial charge >= 0.3 is 5.97 Å². The molecular formula is C13H25N3O6S. The minimum atomic E-state index is -3.98. The summed E-state index contributed by atoms with van der Waals surface area (Å²) in [6.07, 6.45) is 0. The van der Waals surface area contributed by atoms with E-state index in [-0.39, 0.29) is 38.7 Å². The highest BCUT2D eigenvalue weighted by Gasteiger charge is 2.40. The lowest BCUT2D eigenvalue weighted by Crippen LogP contribution is -2.58. The van der Waals surface area contributed by atoms with Gasteiger partial charge in [-0.2, -0.15) is 17.0 Å². The van der Waals surface area contributed by atoms with Crippen LogP contribution in [0.1, 0.15) is 27.7 Å². The highest BCUT2D eigenvalue weighted by atomic mass is 32.2. The lowest BCUT2D eigenvalue weighted by atomic mass is 10.1. The van der Waals surface area contributed by atoms with E-state index < -0.39 is 27.8 Å². The first kappa shape index (κ1) is 19.8. The molecule has 23 heavy (non-hydrogen) atoms. The zero-order valence-electron chi connectivity index (χ0n) is 13.9. The molecule has 0 spiro atoms. The summed E-state index contributed by atoms with van der Waals surface area (Å²) >= 11 is 0. The van der Waals surface area contributed by atoms with Crippen molar-refractivity contribution in [2.45, 2.75) is 39.3 Å². The molecule has 1 unspecified atom stereocenters. The number of hydrogen-bond acceptors (Lipinski definition) is 5. The van der Waals surface area contributed by atoms with Crippen LogP contribution in [-0.4, -0.2) is 78.4 Å². The van der Waals surface area contributed by atoms with Crippen LogP contribution in [0.4, 0.5) is 0 Å². The number of nitrogens with one attached hydrogen (secondary N) is 1. The Kier molecular flexibility index (Phi) is 6.51. The number of carboxylic acid groups (broad SMARTS) is 1. The second-order valence-corrected chi connectivity index (χ2v) is 7.94. The second kappa shape index (κ2) is 7.56. The van der Waals surface area contributed by atoms with E-state index in [2.05, 4.69) is 5.32 Å². The third-order valence-corrected chi connectivity index (χ3v) is 5.56. The number of ether oxygens (including phenoxy) is 1. The Balaban J connectivity index is 2.97. The Hall–Kier alpha value is -1.23. The topological polar surface area (TPSA) is 116 Å². The van der Waals surface area contributed by atoms with Crippen LogP contribution in [-0.2, 0) is 24.5 Å². The molecule has 1 atom stereocenters. The van der Waals surface area contributed by atoms with Crippen molar-refractivity contribution in [1.82, 2.24) is 13.9 Å². The SMILES string of the molecule is CC(=O)NCCN(C(C)C(=O)O)S(=O)(=O)N1CCOC(C)(C)C1. The fourth-order valence-electron chi connectivity index (χ4n) is 2.29. The molecule has 1 fully saturated rings. The number of hydrogen-bond donors (Lipinski definition) is 2. The molecule has 1 rings (SSSR count). The van der Waals surface area contributed by atoms with Gasteiger partial charge < -0.3 is 15.2 Å². The van der Waals surface area contributed by atoms with Crippen molar-refractivity contribution in [3.8, 4) is 0 Å². The number of carbonyl (C=O) groups is 2. The smallest absolute Gasteiger partial charge is 0.321 e. The largest absolute Gasteiger partial charge is 0.480 e. The summed E-state index contributed by atoms with van der Waals surface area (Å²) in [5, 5.41) is 11.7. The van der Waals surface area contributed by atoms with Gasteiger partial charge in [0.25, 0.3) is 10.2 Å². The summed E-state index contributed by atoms with van der Waals surface area (Å²) in [6, 6.07) is -1.24. The average molecular weight is 351 g/mol. The lowest BCUT2D eigenvalue weighted by Gasteiger charge is -2.40. The first-order chi connectivity index (χ1) is 10.5. The number of aliphatic carboxylic acids is 1. The van der Waals surface area contributed by atoms with Crippen LogP contribution in [0.3, 0.4) is 0 Å². The van der Waals surface area contributed by atoms with E-state index in [1.165, 1.54) is 18.2 Å². The highest BCUT2D eigenvalue weighted by molar-refractivity contribution is 7.86. The summed E-state index contributed by atoms with van der Waals surface area (Å²) in [5.41, 5.74) is -0.638. The molecule has 1 amide bonds. The zero-order chi connectivity index (χ0) is 17.8. The van der Waals surface area contributed by atoms with Gasteiger partial charge in [-0.05, 0) is 20.8 Å². The summed E-state index contributed by atoms with van der Waals surface area (Å²) in [5.74, 6) is -1.55. The number of carbonyl (C=O) groups excluding carboxylic acids is 1. The van der Waals surface area contributed by atoms with Crippen LogP contribution in [0, 0.1) is 0 Å². The maximum absolute atomic E-state index is 12.8. The van der Waals surface area contributed by atoms with Gasteiger partial charge in [0.2, 0.25) is 5.91 Å². The van der Waals surface area contributed by atoms with E-state index in [9.17, 15) is 23.1 Å². The Morgan fingerprint density at radius 1 is 1.43 bits per heavy atom. The van der Waals surface area contributed by atoms with Crippen molar-refractivity contribution < 1.29 is 27.9 Å². The number of nitrogens with zero attached hydrogens (tertiary/aromatic N) is 2. The minimum absolute atomic E-state index is 0.0416. The van der Waals surface area contributed by atoms with Crippen LogP contribution in [0.15, 0.2) is 0 Å². The molecule has 0 aromatic rings. The first-order valence-electron chi connectivity index (χ1n) is 7.35. The van der Waals surface area contributed by atoms with E-state index in [1.807, 2.05) is 0 Å². The van der Waals surface area contributed by atoms with E-state index in [0.717, 1.165) is 4.31 Å². The van der Waals surface area contributed by atoms with Crippen molar-refractivity contribution in [3.05, 3.63) is 0 Å². The van der Waals surface area contributed by atoms with E-state index in [1.54, 1.807) is 13.8 Å². The number of rotatable bonds is 7. The second-order valence-electron chi connectivity index (χ2n) is 6.06. The third kappa shape index (κ3) is 5.41. The Morgan fingerprint density at radius 2 is 2.04 bits per heavy atom. The van der Waals surface area contributed by atoms with Gasteiger partial charge in [-0.1, -0.05) is 0 Å². The van der Waals surface area contributed by atoms with Gasteiger partial charge in [-0.3, -0.25) is 9.59 Å². The van der Waals surface area contributed by atoms with Crippen LogP contribution in [0.2, 0.25) is 0 Å². The highest BCUT2D eigenvalue weighted by Crippen LogP contribution is 2.22. The summed E-state index contributed by atoms with van der Waals surface area (Å²) in [6.45, 7) is 6.63. The zero-order valence-corrected chi connectivity index (χ0v) is 14.7. The third-order valence-electron chi connectivity index (χ3n) is 3.51. The molecule has 0 aliphatic carbocycles. The molecule has 0 bridgehead atoms. The van der Waals surface area contributed by atoms with Crippen LogP contribution in [0.25, 0.3) is 0 Å². The van der Waals surface area contributed by atoms with E-state index >= 15 is 0 Å². The number of amides is 1. The van der Waals surface area contributed by atoms with Crippen molar-refractivity contribution in [1.29, 1.82) is 0 Å². The molecule has 0 radical (unpaired) electrons. The summed E-state index contributed by atoms with van der Waals surface area (Å²) in [7, 11) is -3.98. The number of morpholine rings is 1. The fraction of sp³-hybridized carbons (Fsp3) is 0.846. The van der Waals surface area contributed by atoms with Crippen molar-refractivity contribution in [2.24, 2.45) is 0 Å². The average Bonchev–Trinajstić information content (AvgIpc) is 2.41. The van der Waals surface area contributed by atoms with E-state index in [0.29, 0.717) is 0 Å². The van der Waals surface area contributed by atoms with Crippen molar-refractivity contribution in [3.63, 3.8) is 0 Å². The molecule has 134 valence electrons. The quantitative estimate of drug-likeness (QED) is 0.624. The molecule has 0 saturated carbocycles. The Labute approximate surface area is 136 Å². The molecule has 2 N–H and O–H groups in total. The molecule has 10 heteroatoms. The minimum Gasteiger partial charge on any atom is -0.480 e. The van der Waals surface area contributed by atoms with Crippen LogP contribution in [0.5, 0.6) is 0 Å². The Morgan fingerprint density at radius 3 is 2.52 bits per heavy atom. The lowest BCUT2D eigenvalue weighted by molar-refractivity contribution is -0.141. The summed E-state index contributed by atoms with van der Waals surface area (Å²) in [4.78, 5) is 22.2. The molecular weight excluding hydrogens is 326 g/mol. The monoisotopic (exact) mass is 351 g/mol. The van der Waals surface area contributed by atoms with Crippen LogP contribution < -0.4 is 5.32 Å². The van der Waals surface area contributed by atoms with Crippen molar-refractivity contribution in [2.75, 3.05) is 32.8 Å². The molecule has 1 aliphatic rings. The molecule has 9 nitrogen and oxygen atoms in total. The molecule has 0 aromatic carbocycles. The number of carboxylic acids is 1. The molecule has 1 aliphatic heterocycles. The normalized spacial score (nSPS) is 20.2. The van der Waals surface area contributed by atoms with Crippen LogP contribution >= 0.6 is 0 Å². The van der Waals surface area contributed by atoms with Gasteiger partial charge in [-0.25, -0.2) is 0 Å². The van der Waals surface area contributed by atoms with Gasteiger partial charge in [0.1, 0.15) is 6.04 Å². The fourth-order valence-corrected chi connectivity index (χ4v) is 4.18. The summed E-state index contributed by atoms with van der Waals surface area (Å²) < 4.78 is 33.2. The predicted octanol–water partition coefficient (Wildman–Crippen LogP) is -0.747. The van der Waals surface area contributed by atoms with Gasteiger partial charge in [0, 0.05) is 33.1 Å². The molecule has 1 saturated heterocycles. The maximum Gasteiger partial charge on any atom is 0.321 e. The van der Waals surface area contributed by atoms with Gasteiger partial charge in [-0.15, -0.1) is 0 Å². The Bertz CT molecular complexity index is 548. The standard InChI is InChI=1S/C13H25N3O6S/c1-10(12(18)19)16(6-5-14-11(2)17)23(20,21)15-7-8-22-13(3,4)9-15/h10H,5-9H2,1-4H3,(H,14,17)(H,18,19). The molecule has 0 aromatic heterocycles. The van der Waals surface area contributed by atoms with E-state index in [4.69, 9.17) is 4.74 Å². The predicted molar refractivity (Wildman–Crippen MR) is 83.0 cm³/mol. The van der Waals surface area contributed by atoms with Gasteiger partial charge in [0.05, 0.1) is 12.2 Å². The maximum atomic E-state index is 12.8. The first-order valence-corrected chi connectivity index (χ1v) is 8.75. The van der Waals surface area contributed by atoms with Crippen molar-refractivity contribution >= 4 is 22.1 Å². The molecule has 1 heterocycles.